The first-order valence-corrected chi connectivity index (χ1v) is 7.40. The zero-order valence-electron chi connectivity index (χ0n) is 13.9. The number of aromatic nitrogens is 4. The second-order valence-corrected chi connectivity index (χ2v) is 5.33. The van der Waals surface area contributed by atoms with Gasteiger partial charge in [0.2, 0.25) is 0 Å². The summed E-state index contributed by atoms with van der Waals surface area (Å²) in [6.07, 6.45) is 0. The van der Waals surface area contributed by atoms with Crippen molar-refractivity contribution in [1.29, 1.82) is 0 Å². The second kappa shape index (κ2) is 6.31. The Morgan fingerprint density at radius 1 is 1.12 bits per heavy atom. The van der Waals surface area contributed by atoms with Gasteiger partial charge in [-0.1, -0.05) is 0 Å². The molecule has 1 atom stereocenters. The molecule has 0 aliphatic rings. The fourth-order valence-corrected chi connectivity index (χ4v) is 2.47. The van der Waals surface area contributed by atoms with Crippen LogP contribution in [0.15, 0.2) is 24.3 Å². The second-order valence-electron chi connectivity index (χ2n) is 5.33. The largest absolute Gasteiger partial charge is 0.493 e. The molecule has 8 heteroatoms. The predicted octanol–water partition coefficient (Wildman–Crippen LogP) is 2.76. The van der Waals surface area contributed by atoms with Crippen molar-refractivity contribution in [2.75, 3.05) is 19.5 Å². The number of ether oxygens (including phenoxy) is 2. The van der Waals surface area contributed by atoms with Gasteiger partial charge in [-0.05, 0) is 32.0 Å². The van der Waals surface area contributed by atoms with Crippen molar-refractivity contribution in [3.8, 4) is 11.5 Å². The number of nitrogens with zero attached hydrogens (tertiary/aromatic N) is 4. The summed E-state index contributed by atoms with van der Waals surface area (Å²) >= 11 is 0. The van der Waals surface area contributed by atoms with Crippen LogP contribution in [0, 0.1) is 12.7 Å². The molecule has 7 nitrogen and oxygen atoms in total. The highest BCUT2D eigenvalue weighted by atomic mass is 19.1. The van der Waals surface area contributed by atoms with Crippen LogP contribution in [0.1, 0.15) is 24.4 Å². The lowest BCUT2D eigenvalue weighted by molar-refractivity contribution is 0.351. The summed E-state index contributed by atoms with van der Waals surface area (Å²) in [5.41, 5.74) is 1.11. The predicted molar refractivity (Wildman–Crippen MR) is 87.1 cm³/mol. The number of halogens is 1. The van der Waals surface area contributed by atoms with Gasteiger partial charge in [-0.2, -0.15) is 4.52 Å². The first kappa shape index (κ1) is 16.0. The van der Waals surface area contributed by atoms with Crippen molar-refractivity contribution in [2.24, 2.45) is 0 Å². The molecule has 0 amide bonds. The molecule has 0 saturated heterocycles. The number of fused-ring (bicyclic) bond motifs is 1. The molecule has 126 valence electrons. The molecular formula is C16H18FN5O2. The van der Waals surface area contributed by atoms with Crippen LogP contribution in [0.5, 0.6) is 11.5 Å². The molecule has 24 heavy (non-hydrogen) atoms. The molecule has 0 bridgehead atoms. The third-order valence-electron chi connectivity index (χ3n) is 3.75. The highest BCUT2D eigenvalue weighted by molar-refractivity contribution is 5.48. The van der Waals surface area contributed by atoms with Crippen molar-refractivity contribution >= 4 is 11.5 Å². The molecule has 0 spiro atoms. The summed E-state index contributed by atoms with van der Waals surface area (Å²) in [6.45, 7) is 3.66. The van der Waals surface area contributed by atoms with Gasteiger partial charge in [0, 0.05) is 11.6 Å². The number of benzene rings is 1. The third-order valence-corrected chi connectivity index (χ3v) is 3.75. The fourth-order valence-electron chi connectivity index (χ4n) is 2.47. The van der Waals surface area contributed by atoms with E-state index in [0.717, 1.165) is 0 Å². The highest BCUT2D eigenvalue weighted by Gasteiger charge is 2.17. The van der Waals surface area contributed by atoms with E-state index in [-0.39, 0.29) is 11.9 Å². The molecule has 1 aromatic carbocycles. The topological polar surface area (TPSA) is 73.6 Å². The zero-order valence-corrected chi connectivity index (χ0v) is 13.9. The fraction of sp³-hybridized carbons (Fsp3) is 0.312. The van der Waals surface area contributed by atoms with Gasteiger partial charge in [-0.25, -0.2) is 4.39 Å². The smallest absolute Gasteiger partial charge is 0.178 e. The molecule has 0 saturated carbocycles. The number of methoxy groups -OCH3 is 2. The number of nitrogens with one attached hydrogen (secondary N) is 1. The van der Waals surface area contributed by atoms with E-state index in [1.165, 1.54) is 20.3 Å². The summed E-state index contributed by atoms with van der Waals surface area (Å²) in [6, 6.07) is 6.18. The summed E-state index contributed by atoms with van der Waals surface area (Å²) in [5, 5.41) is 15.5. The quantitative estimate of drug-likeness (QED) is 0.775. The number of anilines is 1. The Hall–Kier alpha value is -2.90. The number of hydrogen-bond acceptors (Lipinski definition) is 6. The van der Waals surface area contributed by atoms with Crippen LogP contribution >= 0.6 is 0 Å². The molecule has 0 aliphatic carbocycles. The molecule has 2 aromatic heterocycles. The maximum Gasteiger partial charge on any atom is 0.178 e. The first-order chi connectivity index (χ1) is 11.5. The van der Waals surface area contributed by atoms with Gasteiger partial charge in [-0.15, -0.1) is 15.3 Å². The number of rotatable bonds is 5. The zero-order chi connectivity index (χ0) is 17.3. The Kier molecular flexibility index (Phi) is 4.20. The summed E-state index contributed by atoms with van der Waals surface area (Å²) in [4.78, 5) is 0. The molecule has 1 N–H and O–H groups in total. The van der Waals surface area contributed by atoms with E-state index >= 15 is 0 Å². The summed E-state index contributed by atoms with van der Waals surface area (Å²) in [5.74, 6) is 1.71. The van der Waals surface area contributed by atoms with Crippen molar-refractivity contribution < 1.29 is 13.9 Å². The Bertz CT molecular complexity index is 880. The van der Waals surface area contributed by atoms with E-state index in [1.807, 2.05) is 13.8 Å². The Labute approximate surface area is 138 Å². The molecule has 0 radical (unpaired) electrons. The first-order valence-electron chi connectivity index (χ1n) is 7.40. The van der Waals surface area contributed by atoms with Gasteiger partial charge >= 0.3 is 0 Å². The van der Waals surface area contributed by atoms with Crippen LogP contribution in [0.2, 0.25) is 0 Å². The van der Waals surface area contributed by atoms with E-state index < -0.39 is 0 Å². The normalized spacial score (nSPS) is 12.2. The van der Waals surface area contributed by atoms with Gasteiger partial charge in [0.05, 0.1) is 20.3 Å². The van der Waals surface area contributed by atoms with E-state index in [9.17, 15) is 4.39 Å². The van der Waals surface area contributed by atoms with Crippen molar-refractivity contribution in [1.82, 2.24) is 19.8 Å². The van der Waals surface area contributed by atoms with E-state index in [1.54, 1.807) is 22.7 Å². The summed E-state index contributed by atoms with van der Waals surface area (Å²) < 4.78 is 26.3. The molecule has 3 rings (SSSR count). The monoisotopic (exact) mass is 331 g/mol. The molecule has 0 aliphatic heterocycles. The van der Waals surface area contributed by atoms with Gasteiger partial charge in [0.1, 0.15) is 11.6 Å². The van der Waals surface area contributed by atoms with Crippen LogP contribution in [0.3, 0.4) is 0 Å². The molecule has 2 heterocycles. The average molecular weight is 331 g/mol. The van der Waals surface area contributed by atoms with E-state index in [0.29, 0.717) is 34.4 Å². The Balaban J connectivity index is 1.90. The van der Waals surface area contributed by atoms with Gasteiger partial charge in [0.15, 0.2) is 23.0 Å². The molecule has 0 fully saturated rings. The van der Waals surface area contributed by atoms with Crippen LogP contribution < -0.4 is 14.8 Å². The van der Waals surface area contributed by atoms with E-state index in [2.05, 4.69) is 20.6 Å². The lowest BCUT2D eigenvalue weighted by atomic mass is 10.1. The lowest BCUT2D eigenvalue weighted by Crippen LogP contribution is -2.11. The minimum absolute atomic E-state index is 0.327. The lowest BCUT2D eigenvalue weighted by Gasteiger charge is -2.18. The van der Waals surface area contributed by atoms with Crippen LogP contribution in [-0.4, -0.2) is 34.0 Å². The maximum atomic E-state index is 14.4. The highest BCUT2D eigenvalue weighted by Crippen LogP contribution is 2.33. The van der Waals surface area contributed by atoms with Crippen LogP contribution in [0.25, 0.3) is 5.65 Å². The SMILES string of the molecule is COc1cc(F)c([C@H](C)Nc2ccc3nnc(C)n3n2)cc1OC. The minimum Gasteiger partial charge on any atom is -0.493 e. The molecule has 3 aromatic rings. The van der Waals surface area contributed by atoms with Crippen molar-refractivity contribution in [2.45, 2.75) is 19.9 Å². The molecular weight excluding hydrogens is 313 g/mol. The Morgan fingerprint density at radius 3 is 2.54 bits per heavy atom. The third kappa shape index (κ3) is 2.82. The standard InChI is InChI=1S/C16H18FN5O2/c1-9(11-7-13(23-3)14(24-4)8-12(11)17)18-15-5-6-16-20-19-10(2)22(16)21-15/h5-9H,1-4H3,(H,18,21)/t9-/m0/s1. The minimum atomic E-state index is -0.380. The van der Waals surface area contributed by atoms with Crippen LogP contribution in [-0.2, 0) is 0 Å². The van der Waals surface area contributed by atoms with Crippen molar-refractivity contribution in [3.63, 3.8) is 0 Å². The molecule has 0 unspecified atom stereocenters. The Morgan fingerprint density at radius 2 is 1.83 bits per heavy atom. The maximum absolute atomic E-state index is 14.4. The number of hydrogen-bond donors (Lipinski definition) is 1. The van der Waals surface area contributed by atoms with Crippen LogP contribution in [0.4, 0.5) is 10.2 Å². The summed E-state index contributed by atoms with van der Waals surface area (Å²) in [7, 11) is 2.99. The van der Waals surface area contributed by atoms with Gasteiger partial charge in [0.25, 0.3) is 0 Å². The van der Waals surface area contributed by atoms with Gasteiger partial charge in [-0.3, -0.25) is 0 Å². The van der Waals surface area contributed by atoms with Gasteiger partial charge < -0.3 is 14.8 Å². The average Bonchev–Trinajstić information content (AvgIpc) is 2.95. The number of aryl methyl sites for hydroxylation is 1. The van der Waals surface area contributed by atoms with E-state index in [4.69, 9.17) is 9.47 Å². The van der Waals surface area contributed by atoms with Crippen molar-refractivity contribution in [3.05, 3.63) is 41.5 Å².